The predicted octanol–water partition coefficient (Wildman–Crippen LogP) is 4.91. The second-order valence-corrected chi connectivity index (χ2v) is 6.63. The van der Waals surface area contributed by atoms with Crippen molar-refractivity contribution in [2.75, 3.05) is 5.32 Å². The van der Waals surface area contributed by atoms with Gasteiger partial charge < -0.3 is 5.32 Å². The normalized spacial score (nSPS) is 12.0. The van der Waals surface area contributed by atoms with Crippen LogP contribution in [0.4, 0.5) is 5.69 Å². The molecule has 0 aliphatic heterocycles. The number of hydrogen-bond donors (Lipinski definition) is 1. The number of carbonyl (C=O) groups excluding carboxylic acids is 1. The zero-order valence-corrected chi connectivity index (χ0v) is 13.7. The predicted molar refractivity (Wildman–Crippen MR) is 92.0 cm³/mol. The summed E-state index contributed by atoms with van der Waals surface area (Å²) in [6.45, 7) is 3.85. The molecular formula is C17H18ClNOS. The first-order valence-electron chi connectivity index (χ1n) is 6.79. The number of halogens is 1. The third-order valence-corrected chi connectivity index (χ3v) is 4.77. The Morgan fingerprint density at radius 3 is 2.62 bits per heavy atom. The van der Waals surface area contributed by atoms with Crippen molar-refractivity contribution in [2.45, 2.75) is 24.9 Å². The number of nitrogens with one attached hydrogen (secondary N) is 1. The Kier molecular flexibility index (Phi) is 5.71. The van der Waals surface area contributed by atoms with Crippen LogP contribution in [0.2, 0.25) is 5.02 Å². The van der Waals surface area contributed by atoms with Crippen LogP contribution >= 0.6 is 23.4 Å². The van der Waals surface area contributed by atoms with E-state index in [0.29, 0.717) is 5.02 Å². The van der Waals surface area contributed by atoms with Gasteiger partial charge in [-0.1, -0.05) is 48.0 Å². The lowest BCUT2D eigenvalue weighted by atomic mass is 10.2. The van der Waals surface area contributed by atoms with Crippen LogP contribution in [0.25, 0.3) is 0 Å². The number of benzene rings is 2. The van der Waals surface area contributed by atoms with Crippen LogP contribution in [0.1, 0.15) is 18.1 Å². The van der Waals surface area contributed by atoms with Crippen LogP contribution in [0.5, 0.6) is 0 Å². The van der Waals surface area contributed by atoms with Gasteiger partial charge in [0.05, 0.1) is 5.25 Å². The van der Waals surface area contributed by atoms with Gasteiger partial charge in [-0.3, -0.25) is 4.79 Å². The Labute approximate surface area is 134 Å². The molecule has 21 heavy (non-hydrogen) atoms. The average molecular weight is 320 g/mol. The van der Waals surface area contributed by atoms with E-state index in [9.17, 15) is 4.79 Å². The molecule has 0 saturated heterocycles. The van der Waals surface area contributed by atoms with Gasteiger partial charge in [-0.15, -0.1) is 11.8 Å². The van der Waals surface area contributed by atoms with Crippen molar-refractivity contribution in [1.82, 2.24) is 0 Å². The van der Waals surface area contributed by atoms with Crippen molar-refractivity contribution in [3.63, 3.8) is 0 Å². The SMILES string of the molecule is Cc1ccc(NC(=O)C(C)SCc2ccccc2)cc1Cl. The number of aryl methyl sites for hydroxylation is 1. The summed E-state index contributed by atoms with van der Waals surface area (Å²) >= 11 is 7.68. The maximum Gasteiger partial charge on any atom is 0.237 e. The van der Waals surface area contributed by atoms with Gasteiger partial charge in [0.1, 0.15) is 0 Å². The number of hydrogen-bond acceptors (Lipinski definition) is 2. The third kappa shape index (κ3) is 4.80. The summed E-state index contributed by atoms with van der Waals surface area (Å²) in [6.07, 6.45) is 0. The maximum absolute atomic E-state index is 12.2. The van der Waals surface area contributed by atoms with Crippen molar-refractivity contribution >= 4 is 35.0 Å². The molecule has 0 aromatic heterocycles. The van der Waals surface area contributed by atoms with Gasteiger partial charge >= 0.3 is 0 Å². The van der Waals surface area contributed by atoms with Gasteiger partial charge in [-0.2, -0.15) is 0 Å². The fourth-order valence-electron chi connectivity index (χ4n) is 1.79. The number of carbonyl (C=O) groups is 1. The van der Waals surface area contributed by atoms with Gasteiger partial charge in [0.25, 0.3) is 0 Å². The highest BCUT2D eigenvalue weighted by molar-refractivity contribution is 7.99. The number of amides is 1. The van der Waals surface area contributed by atoms with Crippen molar-refractivity contribution in [3.8, 4) is 0 Å². The summed E-state index contributed by atoms with van der Waals surface area (Å²) in [5.41, 5.74) is 2.96. The van der Waals surface area contributed by atoms with Gasteiger partial charge in [0.15, 0.2) is 0 Å². The molecule has 0 aliphatic carbocycles. The molecule has 4 heteroatoms. The summed E-state index contributed by atoms with van der Waals surface area (Å²) < 4.78 is 0. The minimum atomic E-state index is -0.120. The largest absolute Gasteiger partial charge is 0.325 e. The molecule has 0 spiro atoms. The topological polar surface area (TPSA) is 29.1 Å². The first-order chi connectivity index (χ1) is 10.1. The van der Waals surface area contributed by atoms with Crippen LogP contribution in [-0.4, -0.2) is 11.2 Å². The highest BCUT2D eigenvalue weighted by Gasteiger charge is 2.14. The highest BCUT2D eigenvalue weighted by Crippen LogP contribution is 2.22. The summed E-state index contributed by atoms with van der Waals surface area (Å²) in [5.74, 6) is 0.820. The van der Waals surface area contributed by atoms with E-state index in [4.69, 9.17) is 11.6 Å². The fraction of sp³-hybridized carbons (Fsp3) is 0.235. The molecule has 0 radical (unpaired) electrons. The van der Waals surface area contributed by atoms with Gasteiger partial charge in [0, 0.05) is 16.5 Å². The van der Waals surface area contributed by atoms with Gasteiger partial charge in [-0.05, 0) is 37.1 Å². The van der Waals surface area contributed by atoms with Crippen molar-refractivity contribution in [3.05, 3.63) is 64.7 Å². The van der Waals surface area contributed by atoms with Crippen molar-refractivity contribution in [2.24, 2.45) is 0 Å². The molecule has 1 atom stereocenters. The summed E-state index contributed by atoms with van der Waals surface area (Å²) in [5, 5.41) is 3.45. The number of thioether (sulfide) groups is 1. The monoisotopic (exact) mass is 319 g/mol. The highest BCUT2D eigenvalue weighted by atomic mass is 35.5. The molecule has 1 N–H and O–H groups in total. The van der Waals surface area contributed by atoms with E-state index in [-0.39, 0.29) is 11.2 Å². The zero-order chi connectivity index (χ0) is 15.2. The third-order valence-electron chi connectivity index (χ3n) is 3.15. The minimum absolute atomic E-state index is 0.00384. The van der Waals surface area contributed by atoms with E-state index < -0.39 is 0 Å². The summed E-state index contributed by atoms with van der Waals surface area (Å²) in [4.78, 5) is 12.2. The van der Waals surface area contributed by atoms with E-state index in [1.54, 1.807) is 17.8 Å². The Balaban J connectivity index is 1.89. The van der Waals surface area contributed by atoms with Gasteiger partial charge in [-0.25, -0.2) is 0 Å². The Hall–Kier alpha value is -1.45. The lowest BCUT2D eigenvalue weighted by Gasteiger charge is -2.12. The smallest absolute Gasteiger partial charge is 0.237 e. The summed E-state index contributed by atoms with van der Waals surface area (Å²) in [6, 6.07) is 15.7. The lowest BCUT2D eigenvalue weighted by Crippen LogP contribution is -2.22. The van der Waals surface area contributed by atoms with E-state index >= 15 is 0 Å². The van der Waals surface area contributed by atoms with E-state index in [1.165, 1.54) is 5.56 Å². The summed E-state index contributed by atoms with van der Waals surface area (Å²) in [7, 11) is 0. The Morgan fingerprint density at radius 1 is 1.24 bits per heavy atom. The molecule has 0 heterocycles. The van der Waals surface area contributed by atoms with Crippen LogP contribution in [0.3, 0.4) is 0 Å². The molecular weight excluding hydrogens is 302 g/mol. The lowest BCUT2D eigenvalue weighted by molar-refractivity contribution is -0.115. The Bertz CT molecular complexity index is 615. The van der Waals surface area contributed by atoms with E-state index in [1.807, 2.05) is 44.2 Å². The van der Waals surface area contributed by atoms with Crippen molar-refractivity contribution in [1.29, 1.82) is 0 Å². The van der Waals surface area contributed by atoms with Crippen molar-refractivity contribution < 1.29 is 4.79 Å². The second-order valence-electron chi connectivity index (χ2n) is 4.89. The average Bonchev–Trinajstić information content (AvgIpc) is 2.49. The fourth-order valence-corrected chi connectivity index (χ4v) is 2.81. The molecule has 2 aromatic carbocycles. The zero-order valence-electron chi connectivity index (χ0n) is 12.1. The minimum Gasteiger partial charge on any atom is -0.325 e. The van der Waals surface area contributed by atoms with E-state index in [2.05, 4.69) is 17.4 Å². The molecule has 0 aliphatic rings. The molecule has 2 aromatic rings. The Morgan fingerprint density at radius 2 is 1.95 bits per heavy atom. The number of rotatable bonds is 5. The van der Waals surface area contributed by atoms with Crippen LogP contribution < -0.4 is 5.32 Å². The quantitative estimate of drug-likeness (QED) is 0.848. The standard InChI is InChI=1S/C17H18ClNOS/c1-12-8-9-15(10-16(12)18)19-17(20)13(2)21-11-14-6-4-3-5-7-14/h3-10,13H,11H2,1-2H3,(H,19,20). The molecule has 1 amide bonds. The van der Waals surface area contributed by atoms with Crippen LogP contribution in [0.15, 0.2) is 48.5 Å². The van der Waals surface area contributed by atoms with Crippen LogP contribution in [0, 0.1) is 6.92 Å². The maximum atomic E-state index is 12.2. The molecule has 2 rings (SSSR count). The molecule has 110 valence electrons. The van der Waals surface area contributed by atoms with E-state index in [0.717, 1.165) is 17.0 Å². The number of anilines is 1. The second kappa shape index (κ2) is 7.53. The first kappa shape index (κ1) is 15.9. The van der Waals surface area contributed by atoms with Crippen LogP contribution in [-0.2, 0) is 10.5 Å². The first-order valence-corrected chi connectivity index (χ1v) is 8.21. The molecule has 0 fully saturated rings. The molecule has 1 unspecified atom stereocenters. The van der Waals surface area contributed by atoms with Gasteiger partial charge in [0.2, 0.25) is 5.91 Å². The molecule has 2 nitrogen and oxygen atoms in total. The molecule has 0 bridgehead atoms. The molecule has 0 saturated carbocycles.